The molecule has 0 bridgehead atoms. The molecule has 2 aliphatic heterocycles. The minimum absolute atomic E-state index is 0.0108. The van der Waals surface area contributed by atoms with Crippen LogP contribution in [0.1, 0.15) is 134 Å². The summed E-state index contributed by atoms with van der Waals surface area (Å²) in [5, 5.41) is 31.7. The first-order valence-electron chi connectivity index (χ1n) is 28.7. The summed E-state index contributed by atoms with van der Waals surface area (Å²) in [5.41, 5.74) is 6.66. The van der Waals surface area contributed by atoms with Gasteiger partial charge in [-0.3, -0.25) is 24.0 Å². The van der Waals surface area contributed by atoms with Crippen LogP contribution in [-0.4, -0.2) is 124 Å². The first kappa shape index (κ1) is 58.4. The van der Waals surface area contributed by atoms with Gasteiger partial charge in [0, 0.05) is 69.6 Å². The lowest BCUT2D eigenvalue weighted by atomic mass is 9.85. The highest BCUT2D eigenvalue weighted by molar-refractivity contribution is 7.13. The lowest BCUT2D eigenvalue weighted by Gasteiger charge is -2.36. The van der Waals surface area contributed by atoms with E-state index in [9.17, 15) is 34.2 Å². The number of thiazole rings is 1. The van der Waals surface area contributed by atoms with Gasteiger partial charge in [-0.1, -0.05) is 89.8 Å². The van der Waals surface area contributed by atoms with Crippen molar-refractivity contribution in [2.75, 3.05) is 42.9 Å². The number of anilines is 3. The topological polar surface area (TPSA) is 233 Å². The number of likely N-dealkylation sites (tertiary alicyclic amines) is 1. The van der Waals surface area contributed by atoms with Crippen molar-refractivity contribution >= 4 is 63.3 Å². The Kier molecular flexibility index (Phi) is 18.2. The lowest BCUT2D eigenvalue weighted by molar-refractivity contribution is -0.144. The van der Waals surface area contributed by atoms with E-state index in [1.165, 1.54) is 15.8 Å². The van der Waals surface area contributed by atoms with Crippen molar-refractivity contribution in [2.45, 2.75) is 155 Å². The third-order valence-corrected chi connectivity index (χ3v) is 17.2. The molecule has 2 saturated heterocycles. The smallest absolute Gasteiger partial charge is 0.278 e. The quantitative estimate of drug-likeness (QED) is 0.0321. The van der Waals surface area contributed by atoms with Crippen LogP contribution in [0.2, 0.25) is 0 Å². The third-order valence-electron chi connectivity index (χ3n) is 16.2. The number of carbonyl (C=O) groups excluding carboxylic acids is 4. The Hall–Kier alpha value is -7.29. The number of pyridine rings is 1. The van der Waals surface area contributed by atoms with Gasteiger partial charge in [-0.05, 0) is 98.4 Å². The molecule has 81 heavy (non-hydrogen) atoms. The zero-order valence-electron chi connectivity index (χ0n) is 47.6. The van der Waals surface area contributed by atoms with E-state index in [4.69, 9.17) is 9.97 Å². The number of β-amino-alcohol motifs (C(OH)–C–C–N with tert-alkyl or cyclic N) is 1. The van der Waals surface area contributed by atoms with Crippen molar-refractivity contribution in [1.82, 2.24) is 49.7 Å². The summed E-state index contributed by atoms with van der Waals surface area (Å²) in [6, 6.07) is 17.7. The number of hydrogen-bond acceptors (Lipinski definition) is 14. The Balaban J connectivity index is 0.676. The molecule has 9 rings (SSSR count). The summed E-state index contributed by atoms with van der Waals surface area (Å²) in [5.74, 6) is 0.00611. The fourth-order valence-corrected chi connectivity index (χ4v) is 12.2. The van der Waals surface area contributed by atoms with Gasteiger partial charge in [-0.25, -0.2) is 24.3 Å². The maximum absolute atomic E-state index is 14.2. The summed E-state index contributed by atoms with van der Waals surface area (Å²) in [6.07, 6.45) is 10.2. The van der Waals surface area contributed by atoms with Gasteiger partial charge in [0.05, 0.1) is 40.5 Å². The van der Waals surface area contributed by atoms with Gasteiger partial charge in [-0.15, -0.1) is 17.9 Å². The zero-order valence-corrected chi connectivity index (χ0v) is 48.4. The molecule has 3 aliphatic rings. The van der Waals surface area contributed by atoms with Crippen LogP contribution in [0.15, 0.2) is 89.8 Å². The molecule has 0 saturated carbocycles. The Morgan fingerprint density at radius 2 is 1.60 bits per heavy atom. The number of fused-ring (bicyclic) bond motifs is 2. The number of aryl methyl sites for hydroxylation is 2. The molecule has 6 heterocycles. The molecule has 19 nitrogen and oxygen atoms in total. The van der Waals surface area contributed by atoms with Crippen LogP contribution in [-0.2, 0) is 37.7 Å². The Bertz CT molecular complexity index is 3290. The zero-order chi connectivity index (χ0) is 57.6. The van der Waals surface area contributed by atoms with Gasteiger partial charge >= 0.3 is 0 Å². The maximum Gasteiger partial charge on any atom is 0.278 e. The number of nitrogens with zero attached hydrogens (tertiary/aromatic N) is 9. The van der Waals surface area contributed by atoms with Crippen molar-refractivity contribution in [2.24, 2.45) is 5.41 Å². The van der Waals surface area contributed by atoms with Crippen LogP contribution in [0.25, 0.3) is 27.3 Å². The van der Waals surface area contributed by atoms with Gasteiger partial charge < -0.3 is 40.9 Å². The molecule has 0 spiro atoms. The molecule has 6 aromatic rings. The van der Waals surface area contributed by atoms with Gasteiger partial charge in [-0.2, -0.15) is 4.98 Å². The fourth-order valence-electron chi connectivity index (χ4n) is 11.4. The molecule has 4 aromatic heterocycles. The number of hydrogen-bond donors (Lipinski definition) is 5. The van der Waals surface area contributed by atoms with Crippen LogP contribution in [0.3, 0.4) is 0 Å². The lowest BCUT2D eigenvalue weighted by Crippen LogP contribution is -2.57. The number of nitrogens with one attached hydrogen (secondary N) is 3. The average molecular weight is 1120 g/mol. The number of benzene rings is 2. The first-order valence-corrected chi connectivity index (χ1v) is 29.5. The number of carbonyl (C=O) groups is 4. The van der Waals surface area contributed by atoms with Crippen LogP contribution >= 0.6 is 11.3 Å². The van der Waals surface area contributed by atoms with E-state index in [1.807, 2.05) is 113 Å². The van der Waals surface area contributed by atoms with Crippen molar-refractivity contribution in [3.8, 4) is 16.3 Å². The SMILES string of the molecule is C=CCn1c(=O)c2cnc(Nc3ccc(N4CCN(C(=O)CCCCCCCCC(=O)NC(C(=O)N5C[C@H](O)C[C@H]5C(=O)N[C@@H](C)c5ccc(-c6scnc6C)cc5)C(C)(C)C)CC4)cc3)nc2n1-c1ccc2c(n1)[C@@](O)(CC)CC2. The molecule has 2 aromatic carbocycles. The molecular weight excluding hydrogens is 1040 g/mol. The Labute approximate surface area is 477 Å². The normalized spacial score (nSPS) is 18.9. The predicted octanol–water partition coefficient (Wildman–Crippen LogP) is 8.02. The van der Waals surface area contributed by atoms with Crippen LogP contribution in [0.4, 0.5) is 17.3 Å². The van der Waals surface area contributed by atoms with Gasteiger partial charge in [0.25, 0.3) is 5.56 Å². The summed E-state index contributed by atoms with van der Waals surface area (Å²) in [4.78, 5) is 93.2. The predicted molar refractivity (Wildman–Crippen MR) is 315 cm³/mol. The van der Waals surface area contributed by atoms with E-state index >= 15 is 0 Å². The maximum atomic E-state index is 14.2. The largest absolute Gasteiger partial charge is 0.391 e. The van der Waals surface area contributed by atoms with E-state index in [2.05, 4.69) is 37.4 Å². The molecule has 1 aliphatic carbocycles. The van der Waals surface area contributed by atoms with E-state index in [1.54, 1.807) is 22.1 Å². The summed E-state index contributed by atoms with van der Waals surface area (Å²) < 4.78 is 3.20. The van der Waals surface area contributed by atoms with Crippen molar-refractivity contribution in [3.63, 3.8) is 0 Å². The third kappa shape index (κ3) is 13.2. The number of piperazine rings is 1. The van der Waals surface area contributed by atoms with E-state index < -0.39 is 29.2 Å². The minimum atomic E-state index is -1.02. The number of rotatable bonds is 22. The fraction of sp³-hybridized carbons (Fsp3) is 0.492. The highest BCUT2D eigenvalue weighted by Gasteiger charge is 2.45. The highest BCUT2D eigenvalue weighted by atomic mass is 32.1. The summed E-state index contributed by atoms with van der Waals surface area (Å²) in [7, 11) is 0. The Morgan fingerprint density at radius 1 is 0.901 bits per heavy atom. The van der Waals surface area contributed by atoms with Crippen LogP contribution in [0, 0.1) is 12.3 Å². The Morgan fingerprint density at radius 3 is 2.27 bits per heavy atom. The molecule has 0 radical (unpaired) electrons. The molecule has 4 amide bonds. The number of amides is 4. The monoisotopic (exact) mass is 1120 g/mol. The highest BCUT2D eigenvalue weighted by Crippen LogP contribution is 2.39. The standard InChI is InChI=1S/C61H78N12O7S/c1-8-30-72-57(78)47-36-62-59(68-55(47)73(72)49-27-22-43-28-29-61(80,9-2)53(43)66-49)65-44-23-25-45(26-24-44)69-31-33-70(34-32-69)51(76)17-15-13-11-10-12-14-16-50(75)67-54(60(5,6)7)58(79)71-37-46(74)35-48(71)56(77)64-39(3)41-18-20-42(21-19-41)52-40(4)63-38-81-52/h8,18-27,36,38-39,46,48,54,74,80H,1,9-17,28-35,37H2,2-7H3,(H,64,77)(H,67,75)(H,62,65,68)/t39-,46+,48-,54?,61+/m0/s1. The summed E-state index contributed by atoms with van der Waals surface area (Å²) in [6.45, 7) is 18.3. The molecule has 2 fully saturated rings. The average Bonchev–Trinajstić information content (AvgIpc) is 4.36. The molecule has 5 N–H and O–H groups in total. The number of aliphatic hydroxyl groups excluding tert-OH is 1. The molecule has 430 valence electrons. The molecule has 5 atom stereocenters. The number of allylic oxidation sites excluding steroid dienone is 1. The second-order valence-corrected chi connectivity index (χ2v) is 23.9. The van der Waals surface area contributed by atoms with E-state index in [0.29, 0.717) is 80.4 Å². The first-order chi connectivity index (χ1) is 38.8. The molecular formula is C61H78N12O7S. The number of aromatic nitrogens is 6. The molecule has 20 heteroatoms. The van der Waals surface area contributed by atoms with Gasteiger partial charge in [0.1, 0.15) is 23.1 Å². The number of unbranched alkanes of at least 4 members (excludes halogenated alkanes) is 5. The van der Waals surface area contributed by atoms with Crippen molar-refractivity contribution in [1.29, 1.82) is 0 Å². The van der Waals surface area contributed by atoms with Crippen molar-refractivity contribution < 1.29 is 29.4 Å². The van der Waals surface area contributed by atoms with E-state index in [-0.39, 0.29) is 61.2 Å². The van der Waals surface area contributed by atoms with Crippen molar-refractivity contribution in [3.05, 3.63) is 118 Å². The van der Waals surface area contributed by atoms with Gasteiger partial charge in [0.2, 0.25) is 29.6 Å². The molecule has 1 unspecified atom stereocenters. The van der Waals surface area contributed by atoms with E-state index in [0.717, 1.165) is 77.2 Å². The minimum Gasteiger partial charge on any atom is -0.391 e. The second kappa shape index (κ2) is 25.2. The second-order valence-electron chi connectivity index (χ2n) is 23.0. The summed E-state index contributed by atoms with van der Waals surface area (Å²) >= 11 is 1.58. The van der Waals surface area contributed by atoms with Crippen LogP contribution in [0.5, 0.6) is 0 Å². The van der Waals surface area contributed by atoms with Crippen LogP contribution < -0.4 is 26.4 Å². The van der Waals surface area contributed by atoms with Gasteiger partial charge in [0.15, 0.2) is 11.5 Å². The number of aliphatic hydroxyl groups is 2.